The van der Waals surface area contributed by atoms with Gasteiger partial charge in [-0.25, -0.2) is 4.98 Å². The third kappa shape index (κ3) is 4.54. The van der Waals surface area contributed by atoms with Gasteiger partial charge < -0.3 is 9.72 Å². The zero-order valence-electron chi connectivity index (χ0n) is 17.6. The lowest BCUT2D eigenvalue weighted by Crippen LogP contribution is -2.35. The first-order valence-electron chi connectivity index (χ1n) is 10.5. The molecule has 0 spiro atoms. The summed E-state index contributed by atoms with van der Waals surface area (Å²) in [6.07, 6.45) is -2.76. The van der Waals surface area contributed by atoms with Crippen LogP contribution in [-0.2, 0) is 0 Å². The minimum absolute atomic E-state index is 0.0499. The lowest BCUT2D eigenvalue weighted by Gasteiger charge is -2.22. The van der Waals surface area contributed by atoms with Crippen molar-refractivity contribution in [1.82, 2.24) is 20.3 Å². The number of benzene rings is 2. The van der Waals surface area contributed by atoms with E-state index < -0.39 is 12.2 Å². The van der Waals surface area contributed by atoms with Gasteiger partial charge >= 0.3 is 6.18 Å². The fraction of sp³-hybridized carbons (Fsp3) is 0.250. The second-order valence-corrected chi connectivity index (χ2v) is 8.46. The molecule has 0 bridgehead atoms. The highest BCUT2D eigenvalue weighted by Gasteiger charge is 2.43. The van der Waals surface area contributed by atoms with Crippen LogP contribution in [0.5, 0.6) is 6.01 Å². The van der Waals surface area contributed by atoms with Crippen LogP contribution in [0.15, 0.2) is 54.6 Å². The summed E-state index contributed by atoms with van der Waals surface area (Å²) >= 11 is 6.42. The van der Waals surface area contributed by atoms with E-state index in [0.717, 1.165) is 29.5 Å². The molecule has 2 aromatic carbocycles. The van der Waals surface area contributed by atoms with Crippen LogP contribution >= 0.6 is 11.6 Å². The van der Waals surface area contributed by atoms with Crippen molar-refractivity contribution in [2.24, 2.45) is 0 Å². The predicted octanol–water partition coefficient (Wildman–Crippen LogP) is 6.31. The lowest BCUT2D eigenvalue weighted by atomic mass is 9.99. The Hall–Kier alpha value is -3.10. The first kappa shape index (κ1) is 21.7. The van der Waals surface area contributed by atoms with Gasteiger partial charge in [0.05, 0.1) is 23.3 Å². The Morgan fingerprint density at radius 1 is 1.00 bits per heavy atom. The van der Waals surface area contributed by atoms with E-state index in [1.807, 2.05) is 24.3 Å². The van der Waals surface area contributed by atoms with Gasteiger partial charge in [-0.15, -0.1) is 0 Å². The molecule has 2 aromatic heterocycles. The Morgan fingerprint density at radius 3 is 2.18 bits per heavy atom. The predicted molar refractivity (Wildman–Crippen MR) is 121 cm³/mol. The van der Waals surface area contributed by atoms with Gasteiger partial charge in [0.1, 0.15) is 6.04 Å². The third-order valence-corrected chi connectivity index (χ3v) is 5.93. The molecule has 0 saturated heterocycles. The van der Waals surface area contributed by atoms with Gasteiger partial charge in [-0.1, -0.05) is 60.1 Å². The standard InChI is InChI=1S/C24H20ClF3N4O/c1-33-23-30-19-12-18(25)20(31-22(19)32-23)15-6-2-13(3-7-15)14-4-8-16(9-5-14)21(24(26,27)28)29-17-10-11-17/h2-9,12,17,21,29H,10-11H2,1H3,(H,30,31,32). The molecule has 1 fully saturated rings. The minimum atomic E-state index is -4.34. The zero-order valence-corrected chi connectivity index (χ0v) is 18.3. The quantitative estimate of drug-likeness (QED) is 0.345. The number of aromatic amines is 1. The fourth-order valence-corrected chi connectivity index (χ4v) is 4.01. The maximum atomic E-state index is 13.5. The summed E-state index contributed by atoms with van der Waals surface area (Å²) < 4.78 is 45.5. The Kier molecular flexibility index (Phi) is 5.50. The van der Waals surface area contributed by atoms with Crippen molar-refractivity contribution in [3.63, 3.8) is 0 Å². The van der Waals surface area contributed by atoms with Gasteiger partial charge in [0.2, 0.25) is 0 Å². The van der Waals surface area contributed by atoms with Gasteiger partial charge in [0.15, 0.2) is 5.65 Å². The van der Waals surface area contributed by atoms with E-state index in [1.165, 1.54) is 19.2 Å². The number of hydrogen-bond donors (Lipinski definition) is 2. The molecule has 5 rings (SSSR count). The summed E-state index contributed by atoms with van der Waals surface area (Å²) in [5.74, 6) is 0. The van der Waals surface area contributed by atoms with E-state index in [1.54, 1.807) is 18.2 Å². The Bertz CT molecular complexity index is 1280. The molecule has 1 unspecified atom stereocenters. The summed E-state index contributed by atoms with van der Waals surface area (Å²) in [7, 11) is 1.51. The molecule has 5 nitrogen and oxygen atoms in total. The molecular formula is C24H20ClF3N4O. The molecular weight excluding hydrogens is 453 g/mol. The molecule has 170 valence electrons. The van der Waals surface area contributed by atoms with Crippen molar-refractivity contribution in [1.29, 1.82) is 0 Å². The molecule has 9 heteroatoms. The molecule has 2 heterocycles. The van der Waals surface area contributed by atoms with E-state index in [0.29, 0.717) is 27.9 Å². The highest BCUT2D eigenvalue weighted by molar-refractivity contribution is 6.33. The maximum Gasteiger partial charge on any atom is 0.407 e. The molecule has 1 aliphatic rings. The number of hydrogen-bond acceptors (Lipinski definition) is 4. The average Bonchev–Trinajstić information content (AvgIpc) is 3.54. The highest BCUT2D eigenvalue weighted by Crippen LogP contribution is 2.37. The number of rotatable bonds is 6. The van der Waals surface area contributed by atoms with Gasteiger partial charge in [0.25, 0.3) is 6.01 Å². The number of imidazole rings is 1. The lowest BCUT2D eigenvalue weighted by molar-refractivity contribution is -0.158. The van der Waals surface area contributed by atoms with Crippen molar-refractivity contribution < 1.29 is 17.9 Å². The molecule has 0 aliphatic heterocycles. The van der Waals surface area contributed by atoms with Crippen LogP contribution in [0.2, 0.25) is 5.02 Å². The van der Waals surface area contributed by atoms with E-state index in [9.17, 15) is 13.2 Å². The normalized spacial score (nSPS) is 15.1. The SMILES string of the molecule is COc1nc2nc(-c3ccc(-c4ccc(C(NC5CC5)C(F)(F)F)cc4)cc3)c(Cl)cc2[nH]1. The number of methoxy groups -OCH3 is 1. The number of alkyl halides is 3. The van der Waals surface area contributed by atoms with Gasteiger partial charge in [-0.2, -0.15) is 18.2 Å². The van der Waals surface area contributed by atoms with E-state index in [2.05, 4.69) is 20.3 Å². The van der Waals surface area contributed by atoms with Gasteiger partial charge in [0, 0.05) is 11.6 Å². The number of fused-ring (bicyclic) bond motifs is 1. The molecule has 1 aliphatic carbocycles. The molecule has 0 amide bonds. The molecule has 33 heavy (non-hydrogen) atoms. The van der Waals surface area contributed by atoms with Gasteiger partial charge in [-0.05, 0) is 35.6 Å². The van der Waals surface area contributed by atoms with E-state index >= 15 is 0 Å². The van der Waals surface area contributed by atoms with Crippen LogP contribution < -0.4 is 10.1 Å². The molecule has 2 N–H and O–H groups in total. The molecule has 1 saturated carbocycles. The van der Waals surface area contributed by atoms with Crippen LogP contribution in [0.25, 0.3) is 33.5 Å². The summed E-state index contributed by atoms with van der Waals surface area (Å²) in [6.45, 7) is 0. The highest BCUT2D eigenvalue weighted by atomic mass is 35.5. The topological polar surface area (TPSA) is 62.8 Å². The Balaban J connectivity index is 1.39. The third-order valence-electron chi connectivity index (χ3n) is 5.64. The van der Waals surface area contributed by atoms with Crippen molar-refractivity contribution in [3.8, 4) is 28.4 Å². The zero-order chi connectivity index (χ0) is 23.2. The summed E-state index contributed by atoms with van der Waals surface area (Å²) in [4.78, 5) is 11.8. The van der Waals surface area contributed by atoms with E-state index in [4.69, 9.17) is 16.3 Å². The first-order valence-corrected chi connectivity index (χ1v) is 10.8. The number of H-pyrrole nitrogens is 1. The smallest absolute Gasteiger partial charge is 0.407 e. The number of aromatic nitrogens is 3. The van der Waals surface area contributed by atoms with Crippen molar-refractivity contribution in [2.45, 2.75) is 31.1 Å². The number of nitrogens with zero attached hydrogens (tertiary/aromatic N) is 2. The van der Waals surface area contributed by atoms with Crippen LogP contribution in [0.4, 0.5) is 13.2 Å². The summed E-state index contributed by atoms with van der Waals surface area (Å²) in [5.41, 5.74) is 4.46. The van der Waals surface area contributed by atoms with E-state index in [-0.39, 0.29) is 11.6 Å². The number of ether oxygens (including phenoxy) is 1. The number of halogens is 4. The number of pyridine rings is 1. The van der Waals surface area contributed by atoms with Crippen LogP contribution in [0.3, 0.4) is 0 Å². The second kappa shape index (κ2) is 8.35. The number of nitrogens with one attached hydrogen (secondary N) is 2. The van der Waals surface area contributed by atoms with Crippen LogP contribution in [-0.4, -0.2) is 34.3 Å². The van der Waals surface area contributed by atoms with Crippen molar-refractivity contribution in [3.05, 3.63) is 65.2 Å². The minimum Gasteiger partial charge on any atom is -0.468 e. The van der Waals surface area contributed by atoms with Crippen molar-refractivity contribution in [2.75, 3.05) is 7.11 Å². The molecule has 0 radical (unpaired) electrons. The molecule has 1 atom stereocenters. The van der Waals surface area contributed by atoms with Crippen LogP contribution in [0.1, 0.15) is 24.4 Å². The monoisotopic (exact) mass is 472 g/mol. The fourth-order valence-electron chi connectivity index (χ4n) is 3.75. The Morgan fingerprint density at radius 2 is 1.61 bits per heavy atom. The largest absolute Gasteiger partial charge is 0.468 e. The summed E-state index contributed by atoms with van der Waals surface area (Å²) in [6, 6.07) is 14.4. The van der Waals surface area contributed by atoms with Crippen LogP contribution in [0, 0.1) is 0 Å². The average molecular weight is 473 g/mol. The molecule has 4 aromatic rings. The first-order chi connectivity index (χ1) is 15.8. The maximum absolute atomic E-state index is 13.5. The summed E-state index contributed by atoms with van der Waals surface area (Å²) in [5, 5.41) is 3.16. The second-order valence-electron chi connectivity index (χ2n) is 8.05. The Labute approximate surface area is 193 Å². The van der Waals surface area contributed by atoms with Gasteiger partial charge in [-0.3, -0.25) is 5.32 Å². The van der Waals surface area contributed by atoms with Crippen molar-refractivity contribution >= 4 is 22.8 Å².